The number of nitrogens with zero attached hydrogens (tertiary/aromatic N) is 1. The van der Waals surface area contributed by atoms with Gasteiger partial charge in [0.25, 0.3) is 0 Å². The first kappa shape index (κ1) is 18.9. The summed E-state index contributed by atoms with van der Waals surface area (Å²) in [5.74, 6) is -0.933. The molecule has 7 heteroatoms. The quantitative estimate of drug-likeness (QED) is 0.765. The summed E-state index contributed by atoms with van der Waals surface area (Å²) in [5, 5.41) is 11.4. The summed E-state index contributed by atoms with van der Waals surface area (Å²) < 4.78 is 0. The Morgan fingerprint density at radius 1 is 1.35 bits per heavy atom. The molecule has 0 saturated carbocycles. The Morgan fingerprint density at radius 2 is 2.00 bits per heavy atom. The van der Waals surface area contributed by atoms with E-state index < -0.39 is 5.97 Å². The van der Waals surface area contributed by atoms with Gasteiger partial charge in [0, 0.05) is 16.3 Å². The van der Waals surface area contributed by atoms with Crippen LogP contribution in [0.15, 0.2) is 12.1 Å². The molecule has 0 aliphatic heterocycles. The van der Waals surface area contributed by atoms with Crippen molar-refractivity contribution < 1.29 is 14.7 Å². The highest BCUT2D eigenvalue weighted by atomic mass is 35.5. The summed E-state index contributed by atoms with van der Waals surface area (Å²) in [6.07, 6.45) is 1.06. The van der Waals surface area contributed by atoms with Crippen LogP contribution in [0.4, 0.5) is 0 Å². The molecule has 0 saturated heterocycles. The molecule has 0 radical (unpaired) electrons. The highest BCUT2D eigenvalue weighted by Crippen LogP contribution is 2.16. The van der Waals surface area contributed by atoms with E-state index in [-0.39, 0.29) is 31.3 Å². The van der Waals surface area contributed by atoms with Crippen LogP contribution in [0.5, 0.6) is 0 Å². The van der Waals surface area contributed by atoms with Crippen molar-refractivity contribution in [2.75, 3.05) is 20.1 Å². The van der Waals surface area contributed by atoms with E-state index in [1.54, 1.807) is 23.3 Å². The Labute approximate surface area is 129 Å². The second-order valence-corrected chi connectivity index (χ2v) is 5.63. The molecule has 20 heavy (non-hydrogen) atoms. The summed E-state index contributed by atoms with van der Waals surface area (Å²) in [7, 11) is 1.74. The zero-order chi connectivity index (χ0) is 14.3. The maximum Gasteiger partial charge on any atom is 0.304 e. The Kier molecular flexibility index (Phi) is 9.20. The van der Waals surface area contributed by atoms with Gasteiger partial charge in [-0.1, -0.05) is 6.92 Å². The molecule has 0 bridgehead atoms. The van der Waals surface area contributed by atoms with E-state index in [0.717, 1.165) is 11.3 Å². The number of carboxylic acids is 1. The van der Waals surface area contributed by atoms with E-state index in [1.807, 2.05) is 6.07 Å². The van der Waals surface area contributed by atoms with Crippen molar-refractivity contribution in [2.24, 2.45) is 0 Å². The SMILES string of the molecule is CCc1ccc(CNC(=O)CN(C)CCC(=O)O)s1.Cl. The number of halogens is 1. The fourth-order valence-electron chi connectivity index (χ4n) is 1.56. The lowest BCUT2D eigenvalue weighted by Gasteiger charge is -2.14. The van der Waals surface area contributed by atoms with Crippen molar-refractivity contribution >= 4 is 35.6 Å². The minimum absolute atomic E-state index is 0. The van der Waals surface area contributed by atoms with E-state index in [4.69, 9.17) is 5.11 Å². The maximum absolute atomic E-state index is 11.7. The molecule has 1 heterocycles. The molecule has 2 N–H and O–H groups in total. The number of amides is 1. The number of carbonyl (C=O) groups is 2. The Hall–Kier alpha value is -1.11. The van der Waals surface area contributed by atoms with Crippen LogP contribution >= 0.6 is 23.7 Å². The summed E-state index contributed by atoms with van der Waals surface area (Å²) in [5.41, 5.74) is 0. The zero-order valence-corrected chi connectivity index (χ0v) is 13.4. The number of nitrogens with one attached hydrogen (secondary N) is 1. The van der Waals surface area contributed by atoms with Crippen LogP contribution in [0.3, 0.4) is 0 Å². The van der Waals surface area contributed by atoms with Gasteiger partial charge in [0.15, 0.2) is 0 Å². The van der Waals surface area contributed by atoms with E-state index in [1.165, 1.54) is 4.88 Å². The number of rotatable bonds is 8. The molecule has 0 aliphatic carbocycles. The van der Waals surface area contributed by atoms with Crippen LogP contribution in [0.1, 0.15) is 23.1 Å². The fraction of sp³-hybridized carbons (Fsp3) is 0.538. The van der Waals surface area contributed by atoms with E-state index in [0.29, 0.717) is 13.1 Å². The van der Waals surface area contributed by atoms with Gasteiger partial charge in [-0.2, -0.15) is 0 Å². The first-order valence-electron chi connectivity index (χ1n) is 6.26. The average Bonchev–Trinajstić information content (AvgIpc) is 2.82. The van der Waals surface area contributed by atoms with Crippen molar-refractivity contribution in [3.8, 4) is 0 Å². The molecule has 1 amide bonds. The van der Waals surface area contributed by atoms with Crippen LogP contribution in [-0.2, 0) is 22.6 Å². The van der Waals surface area contributed by atoms with Gasteiger partial charge in [0.1, 0.15) is 0 Å². The second-order valence-electron chi connectivity index (χ2n) is 4.38. The topological polar surface area (TPSA) is 69.6 Å². The van der Waals surface area contributed by atoms with Gasteiger partial charge in [-0.15, -0.1) is 23.7 Å². The third-order valence-electron chi connectivity index (χ3n) is 2.65. The van der Waals surface area contributed by atoms with Crippen LogP contribution < -0.4 is 5.32 Å². The smallest absolute Gasteiger partial charge is 0.304 e. The van der Waals surface area contributed by atoms with Crippen LogP contribution in [-0.4, -0.2) is 42.0 Å². The average molecular weight is 321 g/mol. The highest BCUT2D eigenvalue weighted by molar-refractivity contribution is 7.11. The molecule has 0 spiro atoms. The minimum atomic E-state index is -0.849. The molecule has 1 aromatic heterocycles. The Bertz CT molecular complexity index is 437. The summed E-state index contributed by atoms with van der Waals surface area (Å²) in [4.78, 5) is 26.2. The van der Waals surface area contributed by atoms with E-state index in [2.05, 4.69) is 18.3 Å². The number of hydrogen-bond acceptors (Lipinski definition) is 4. The van der Waals surface area contributed by atoms with Gasteiger partial charge < -0.3 is 10.4 Å². The molecule has 114 valence electrons. The zero-order valence-electron chi connectivity index (χ0n) is 11.7. The lowest BCUT2D eigenvalue weighted by molar-refractivity contribution is -0.137. The number of likely N-dealkylation sites (N-methyl/N-ethyl adjacent to an activating group) is 1. The third kappa shape index (κ3) is 7.47. The predicted molar refractivity (Wildman–Crippen MR) is 82.5 cm³/mol. The molecule has 0 atom stereocenters. The summed E-state index contributed by atoms with van der Waals surface area (Å²) >= 11 is 1.70. The van der Waals surface area contributed by atoms with Gasteiger partial charge in [-0.3, -0.25) is 14.5 Å². The molecule has 1 rings (SSSR count). The van der Waals surface area contributed by atoms with Crippen molar-refractivity contribution in [1.82, 2.24) is 10.2 Å². The number of carbonyl (C=O) groups excluding carboxylic acids is 1. The van der Waals surface area contributed by atoms with Crippen LogP contribution in [0, 0.1) is 0 Å². The molecular weight excluding hydrogens is 300 g/mol. The van der Waals surface area contributed by atoms with Crippen LogP contribution in [0.2, 0.25) is 0 Å². The van der Waals surface area contributed by atoms with Crippen molar-refractivity contribution in [3.63, 3.8) is 0 Å². The second kappa shape index (κ2) is 9.74. The number of carboxylic acid groups (broad SMARTS) is 1. The largest absolute Gasteiger partial charge is 0.481 e. The third-order valence-corrected chi connectivity index (χ3v) is 3.88. The van der Waals surface area contributed by atoms with Gasteiger partial charge in [-0.05, 0) is 25.6 Å². The molecule has 0 unspecified atom stereocenters. The molecule has 0 aliphatic rings. The Morgan fingerprint density at radius 3 is 2.55 bits per heavy atom. The standard InChI is InChI=1S/C13H20N2O3S.ClH/c1-3-10-4-5-11(19-10)8-14-12(16)9-15(2)7-6-13(17)18;/h4-5H,3,6-9H2,1-2H3,(H,14,16)(H,17,18);1H. The molecule has 5 nitrogen and oxygen atoms in total. The highest BCUT2D eigenvalue weighted by Gasteiger charge is 2.08. The predicted octanol–water partition coefficient (Wildman–Crippen LogP) is 1.75. The number of hydrogen-bond donors (Lipinski definition) is 2. The molecular formula is C13H21ClN2O3S. The van der Waals surface area contributed by atoms with Gasteiger partial charge in [0.2, 0.25) is 5.91 Å². The van der Waals surface area contributed by atoms with Gasteiger partial charge in [-0.25, -0.2) is 0 Å². The Balaban J connectivity index is 0.00000361. The van der Waals surface area contributed by atoms with E-state index >= 15 is 0 Å². The number of thiophene rings is 1. The van der Waals surface area contributed by atoms with Gasteiger partial charge >= 0.3 is 5.97 Å². The lowest BCUT2D eigenvalue weighted by Crippen LogP contribution is -2.35. The van der Waals surface area contributed by atoms with Gasteiger partial charge in [0.05, 0.1) is 19.5 Å². The minimum Gasteiger partial charge on any atom is -0.481 e. The summed E-state index contributed by atoms with van der Waals surface area (Å²) in [6.45, 7) is 3.24. The van der Waals surface area contributed by atoms with Crippen molar-refractivity contribution in [3.05, 3.63) is 21.9 Å². The van der Waals surface area contributed by atoms with Crippen molar-refractivity contribution in [2.45, 2.75) is 26.3 Å². The monoisotopic (exact) mass is 320 g/mol. The first-order chi connectivity index (χ1) is 9.01. The van der Waals surface area contributed by atoms with E-state index in [9.17, 15) is 9.59 Å². The fourth-order valence-corrected chi connectivity index (χ4v) is 2.46. The molecule has 0 fully saturated rings. The number of aryl methyl sites for hydroxylation is 1. The van der Waals surface area contributed by atoms with Crippen LogP contribution in [0.25, 0.3) is 0 Å². The van der Waals surface area contributed by atoms with Crippen molar-refractivity contribution in [1.29, 1.82) is 0 Å². The normalized spacial score (nSPS) is 10.2. The molecule has 1 aromatic rings. The molecule has 0 aromatic carbocycles. The maximum atomic E-state index is 11.7. The summed E-state index contributed by atoms with van der Waals surface area (Å²) in [6, 6.07) is 4.10. The first-order valence-corrected chi connectivity index (χ1v) is 7.07. The lowest BCUT2D eigenvalue weighted by atomic mass is 10.3. The number of aliphatic carboxylic acids is 1.